The minimum Gasteiger partial charge on any atom is -0.377 e. The fourth-order valence-corrected chi connectivity index (χ4v) is 1.99. The van der Waals surface area contributed by atoms with Crippen molar-refractivity contribution in [1.82, 2.24) is 0 Å². The summed E-state index contributed by atoms with van der Waals surface area (Å²) in [6.07, 6.45) is 0.265. The van der Waals surface area contributed by atoms with Gasteiger partial charge in [0.15, 0.2) is 0 Å². The zero-order chi connectivity index (χ0) is 12.8. The summed E-state index contributed by atoms with van der Waals surface area (Å²) in [5, 5.41) is 0.719. The van der Waals surface area contributed by atoms with Crippen LogP contribution in [0.1, 0.15) is 19.4 Å². The van der Waals surface area contributed by atoms with Crippen LogP contribution >= 0.6 is 23.2 Å². The molecule has 1 rings (SSSR count). The Labute approximate surface area is 113 Å². The monoisotopic (exact) mass is 275 g/mol. The van der Waals surface area contributed by atoms with E-state index in [1.807, 2.05) is 39.1 Å². The molecular formula is C13H19Cl2NO. The first-order valence-electron chi connectivity index (χ1n) is 5.71. The van der Waals surface area contributed by atoms with E-state index in [1.54, 1.807) is 0 Å². The van der Waals surface area contributed by atoms with Crippen LogP contribution in [0.5, 0.6) is 0 Å². The van der Waals surface area contributed by atoms with Gasteiger partial charge in [-0.15, -0.1) is 11.6 Å². The molecule has 0 atom stereocenters. The second-order valence-electron chi connectivity index (χ2n) is 4.25. The maximum absolute atomic E-state index is 5.94. The third-order valence-electron chi connectivity index (χ3n) is 2.47. The summed E-state index contributed by atoms with van der Waals surface area (Å²) in [6.45, 7) is 5.61. The lowest BCUT2D eigenvalue weighted by atomic mass is 10.2. The molecule has 4 heteroatoms. The molecule has 0 bridgehead atoms. The Morgan fingerprint density at radius 3 is 2.65 bits per heavy atom. The van der Waals surface area contributed by atoms with Crippen molar-refractivity contribution < 1.29 is 4.74 Å². The maximum atomic E-state index is 5.94. The van der Waals surface area contributed by atoms with E-state index in [9.17, 15) is 0 Å². The summed E-state index contributed by atoms with van der Waals surface area (Å²) in [7, 11) is 2.03. The third-order valence-corrected chi connectivity index (χ3v) is 3.00. The van der Waals surface area contributed by atoms with Crippen molar-refractivity contribution in [3.63, 3.8) is 0 Å². The molecule has 0 aliphatic carbocycles. The molecule has 0 fully saturated rings. The second-order valence-corrected chi connectivity index (χ2v) is 4.95. The topological polar surface area (TPSA) is 12.5 Å². The second kappa shape index (κ2) is 7.10. The predicted octanol–water partition coefficient (Wildman–Crippen LogP) is 3.94. The number of hydrogen-bond donors (Lipinski definition) is 0. The Bertz CT molecular complexity index is 355. The number of anilines is 1. The highest BCUT2D eigenvalue weighted by molar-refractivity contribution is 6.30. The Morgan fingerprint density at radius 2 is 2.06 bits per heavy atom. The fourth-order valence-electron chi connectivity index (χ4n) is 1.58. The standard InChI is InChI=1S/C13H19Cl2NO/c1-10(2)17-7-6-16(3)13-5-4-12(15)8-11(13)9-14/h4-5,8,10H,6-7,9H2,1-3H3. The van der Waals surface area contributed by atoms with Crippen molar-refractivity contribution in [1.29, 1.82) is 0 Å². The van der Waals surface area contributed by atoms with Crippen LogP contribution in [0.15, 0.2) is 18.2 Å². The SMILES string of the molecule is CC(C)OCCN(C)c1ccc(Cl)cc1CCl. The van der Waals surface area contributed by atoms with Crippen LogP contribution in [0, 0.1) is 0 Å². The number of alkyl halides is 1. The lowest BCUT2D eigenvalue weighted by Gasteiger charge is -2.22. The number of halogens is 2. The summed E-state index contributed by atoms with van der Waals surface area (Å²) in [5.41, 5.74) is 2.16. The smallest absolute Gasteiger partial charge is 0.0644 e. The van der Waals surface area contributed by atoms with Gasteiger partial charge in [0.2, 0.25) is 0 Å². The summed E-state index contributed by atoms with van der Waals surface area (Å²) in [5.74, 6) is 0.464. The largest absolute Gasteiger partial charge is 0.377 e. The molecule has 96 valence electrons. The molecule has 1 aromatic carbocycles. The highest BCUT2D eigenvalue weighted by atomic mass is 35.5. The minimum atomic E-state index is 0.265. The first-order chi connectivity index (χ1) is 8.04. The number of nitrogens with zero attached hydrogens (tertiary/aromatic N) is 1. The summed E-state index contributed by atoms with van der Waals surface area (Å²) >= 11 is 11.9. The zero-order valence-electron chi connectivity index (χ0n) is 10.5. The summed E-state index contributed by atoms with van der Waals surface area (Å²) in [6, 6.07) is 5.78. The predicted molar refractivity (Wildman–Crippen MR) is 75.4 cm³/mol. The van der Waals surface area contributed by atoms with Crippen LogP contribution < -0.4 is 4.90 Å². The van der Waals surface area contributed by atoms with Crippen molar-refractivity contribution >= 4 is 28.9 Å². The van der Waals surface area contributed by atoms with Crippen LogP contribution in [-0.2, 0) is 10.6 Å². The summed E-state index contributed by atoms with van der Waals surface area (Å²) < 4.78 is 5.53. The van der Waals surface area contributed by atoms with E-state index in [2.05, 4.69) is 4.90 Å². The Balaban J connectivity index is 2.64. The van der Waals surface area contributed by atoms with Gasteiger partial charge < -0.3 is 9.64 Å². The van der Waals surface area contributed by atoms with Gasteiger partial charge in [0, 0.05) is 30.2 Å². The van der Waals surface area contributed by atoms with Crippen LogP contribution in [0.25, 0.3) is 0 Å². The van der Waals surface area contributed by atoms with E-state index in [1.165, 1.54) is 0 Å². The Hall–Kier alpha value is -0.440. The minimum absolute atomic E-state index is 0.265. The quantitative estimate of drug-likeness (QED) is 0.730. The molecule has 0 aromatic heterocycles. The first kappa shape index (κ1) is 14.6. The molecule has 0 saturated carbocycles. The highest BCUT2D eigenvalue weighted by Gasteiger charge is 2.07. The molecule has 0 unspecified atom stereocenters. The van der Waals surface area contributed by atoms with Crippen molar-refractivity contribution in [3.05, 3.63) is 28.8 Å². The Morgan fingerprint density at radius 1 is 1.35 bits per heavy atom. The van der Waals surface area contributed by atoms with E-state index in [0.717, 1.165) is 22.8 Å². The van der Waals surface area contributed by atoms with Gasteiger partial charge in [-0.25, -0.2) is 0 Å². The van der Waals surface area contributed by atoms with E-state index in [4.69, 9.17) is 27.9 Å². The molecule has 0 aliphatic heterocycles. The lowest BCUT2D eigenvalue weighted by molar-refractivity contribution is 0.0846. The molecule has 0 amide bonds. The number of rotatable bonds is 6. The van der Waals surface area contributed by atoms with Gasteiger partial charge in [-0.1, -0.05) is 11.6 Å². The van der Waals surface area contributed by atoms with Crippen molar-refractivity contribution in [2.45, 2.75) is 25.8 Å². The van der Waals surface area contributed by atoms with Gasteiger partial charge in [0.25, 0.3) is 0 Å². The van der Waals surface area contributed by atoms with Crippen LogP contribution in [0.4, 0.5) is 5.69 Å². The molecule has 1 aromatic rings. The lowest BCUT2D eigenvalue weighted by Crippen LogP contribution is -2.24. The zero-order valence-corrected chi connectivity index (χ0v) is 12.1. The van der Waals surface area contributed by atoms with Gasteiger partial charge in [-0.3, -0.25) is 0 Å². The van der Waals surface area contributed by atoms with Gasteiger partial charge in [-0.05, 0) is 37.6 Å². The average molecular weight is 276 g/mol. The van der Waals surface area contributed by atoms with E-state index in [0.29, 0.717) is 12.5 Å². The number of ether oxygens (including phenoxy) is 1. The van der Waals surface area contributed by atoms with Gasteiger partial charge >= 0.3 is 0 Å². The van der Waals surface area contributed by atoms with Gasteiger partial charge in [0.1, 0.15) is 0 Å². The van der Waals surface area contributed by atoms with E-state index < -0.39 is 0 Å². The van der Waals surface area contributed by atoms with E-state index >= 15 is 0 Å². The van der Waals surface area contributed by atoms with Crippen molar-refractivity contribution in [2.24, 2.45) is 0 Å². The molecule has 0 heterocycles. The van der Waals surface area contributed by atoms with Crippen LogP contribution in [-0.4, -0.2) is 26.3 Å². The highest BCUT2D eigenvalue weighted by Crippen LogP contribution is 2.24. The molecule has 17 heavy (non-hydrogen) atoms. The fraction of sp³-hybridized carbons (Fsp3) is 0.538. The first-order valence-corrected chi connectivity index (χ1v) is 6.63. The molecule has 0 aliphatic rings. The number of likely N-dealkylation sites (N-methyl/N-ethyl adjacent to an activating group) is 1. The van der Waals surface area contributed by atoms with Gasteiger partial charge in [0.05, 0.1) is 12.7 Å². The van der Waals surface area contributed by atoms with Gasteiger partial charge in [-0.2, -0.15) is 0 Å². The van der Waals surface area contributed by atoms with E-state index in [-0.39, 0.29) is 6.10 Å². The molecule has 0 spiro atoms. The maximum Gasteiger partial charge on any atom is 0.0644 e. The van der Waals surface area contributed by atoms with Crippen LogP contribution in [0.3, 0.4) is 0 Å². The normalized spacial score (nSPS) is 10.9. The molecular weight excluding hydrogens is 257 g/mol. The van der Waals surface area contributed by atoms with Crippen molar-refractivity contribution in [3.8, 4) is 0 Å². The molecule has 0 saturated heterocycles. The summed E-state index contributed by atoms with van der Waals surface area (Å²) in [4.78, 5) is 2.14. The third kappa shape index (κ3) is 4.74. The Kier molecular flexibility index (Phi) is 6.10. The van der Waals surface area contributed by atoms with Crippen molar-refractivity contribution in [2.75, 3.05) is 25.1 Å². The molecule has 0 radical (unpaired) electrons. The molecule has 0 N–H and O–H groups in total. The number of benzene rings is 1. The number of hydrogen-bond acceptors (Lipinski definition) is 2. The molecule has 2 nitrogen and oxygen atoms in total. The van der Waals surface area contributed by atoms with Crippen LogP contribution in [0.2, 0.25) is 5.02 Å². The average Bonchev–Trinajstić information content (AvgIpc) is 2.28.